The zero-order valence-electron chi connectivity index (χ0n) is 21.4. The number of rotatable bonds is 12. The van der Waals surface area contributed by atoms with Crippen LogP contribution in [0.4, 0.5) is 5.69 Å². The largest absolute Gasteiger partial charge is 0.493 e. The number of amides is 1. The Morgan fingerprint density at radius 2 is 1.83 bits per heavy atom. The number of hydrogen-bond acceptors (Lipinski definition) is 7. The minimum absolute atomic E-state index is 0.137. The van der Waals surface area contributed by atoms with Crippen molar-refractivity contribution in [2.75, 3.05) is 44.4 Å². The van der Waals surface area contributed by atoms with Crippen molar-refractivity contribution in [1.29, 1.82) is 0 Å². The summed E-state index contributed by atoms with van der Waals surface area (Å²) in [6, 6.07) is 11.7. The van der Waals surface area contributed by atoms with Gasteiger partial charge in [-0.15, -0.1) is 10.2 Å². The number of methoxy groups -OCH3 is 1. The van der Waals surface area contributed by atoms with Gasteiger partial charge in [0, 0.05) is 18.3 Å². The number of aryl methyl sites for hydroxylation is 3. The molecule has 2 aromatic carbocycles. The van der Waals surface area contributed by atoms with Crippen molar-refractivity contribution in [3.63, 3.8) is 0 Å². The van der Waals surface area contributed by atoms with Crippen molar-refractivity contribution in [1.82, 2.24) is 19.7 Å². The molecule has 0 aliphatic rings. The Labute approximate surface area is 212 Å². The van der Waals surface area contributed by atoms with E-state index in [1.165, 1.54) is 11.8 Å². The van der Waals surface area contributed by atoms with E-state index >= 15 is 0 Å². The number of ether oxygens (including phenoxy) is 2. The fourth-order valence-electron chi connectivity index (χ4n) is 3.69. The highest BCUT2D eigenvalue weighted by Gasteiger charge is 2.16. The Kier molecular flexibility index (Phi) is 9.56. The number of nitrogens with one attached hydrogen (secondary N) is 1. The lowest BCUT2D eigenvalue weighted by atomic mass is 10.1. The first-order chi connectivity index (χ1) is 16.9. The maximum Gasteiger partial charge on any atom is 0.234 e. The lowest BCUT2D eigenvalue weighted by Crippen LogP contribution is -2.28. The van der Waals surface area contributed by atoms with Crippen molar-refractivity contribution in [2.45, 2.75) is 39.8 Å². The zero-order chi connectivity index (χ0) is 25.4. The van der Waals surface area contributed by atoms with Crippen LogP contribution in [0.25, 0.3) is 5.69 Å². The van der Waals surface area contributed by atoms with Gasteiger partial charge in [-0.05, 0) is 63.2 Å². The van der Waals surface area contributed by atoms with Crippen LogP contribution in [-0.4, -0.2) is 64.7 Å². The molecule has 0 saturated carbocycles. The number of aromatic nitrogens is 3. The van der Waals surface area contributed by atoms with Crippen LogP contribution >= 0.6 is 11.8 Å². The van der Waals surface area contributed by atoms with Gasteiger partial charge in [0.1, 0.15) is 12.4 Å². The fraction of sp³-hybridized carbons (Fsp3) is 0.423. The molecule has 0 radical (unpaired) electrons. The number of likely N-dealkylation sites (N-methyl/N-ethyl adjacent to an activating group) is 1. The summed E-state index contributed by atoms with van der Waals surface area (Å²) in [5.74, 6) is 2.09. The molecular formula is C26H35N5O3S. The zero-order valence-corrected chi connectivity index (χ0v) is 22.2. The molecule has 188 valence electrons. The Hall–Kier alpha value is -3.04. The normalized spacial score (nSPS) is 11.1. The maximum absolute atomic E-state index is 12.7. The molecule has 3 rings (SSSR count). The Morgan fingerprint density at radius 1 is 1.06 bits per heavy atom. The average Bonchev–Trinajstić information content (AvgIpc) is 3.22. The third-order valence-corrected chi connectivity index (χ3v) is 6.67. The first-order valence-electron chi connectivity index (χ1n) is 11.8. The van der Waals surface area contributed by atoms with Crippen molar-refractivity contribution >= 4 is 23.4 Å². The summed E-state index contributed by atoms with van der Waals surface area (Å²) in [5.41, 5.74) is 3.96. The van der Waals surface area contributed by atoms with Gasteiger partial charge in [0.2, 0.25) is 5.91 Å². The molecule has 1 aromatic heterocycles. The van der Waals surface area contributed by atoms with Crippen LogP contribution in [0.15, 0.2) is 41.6 Å². The van der Waals surface area contributed by atoms with Gasteiger partial charge >= 0.3 is 0 Å². The van der Waals surface area contributed by atoms with E-state index in [0.717, 1.165) is 42.3 Å². The number of carbonyl (C=O) groups excluding carboxylic acids is 1. The first-order valence-corrected chi connectivity index (χ1v) is 12.8. The van der Waals surface area contributed by atoms with E-state index in [9.17, 15) is 4.79 Å². The van der Waals surface area contributed by atoms with Crippen LogP contribution in [0, 0.1) is 20.8 Å². The third kappa shape index (κ3) is 6.99. The summed E-state index contributed by atoms with van der Waals surface area (Å²) >= 11 is 1.35. The molecule has 3 aromatic rings. The second-order valence-corrected chi connectivity index (χ2v) is 9.18. The Morgan fingerprint density at radius 3 is 2.54 bits per heavy atom. The SMILES string of the molecule is CCN(CC)CCOc1cc(NC(=O)CSc2nnc(C)n2-c2cc(C)ccc2C)ccc1OC. The summed E-state index contributed by atoms with van der Waals surface area (Å²) in [6.07, 6.45) is 0. The monoisotopic (exact) mass is 497 g/mol. The van der Waals surface area contributed by atoms with E-state index in [1.54, 1.807) is 25.3 Å². The highest BCUT2D eigenvalue weighted by atomic mass is 32.2. The van der Waals surface area contributed by atoms with Gasteiger partial charge in [0.05, 0.1) is 18.6 Å². The van der Waals surface area contributed by atoms with E-state index in [-0.39, 0.29) is 11.7 Å². The second-order valence-electron chi connectivity index (χ2n) is 8.23. The van der Waals surface area contributed by atoms with Gasteiger partial charge in [-0.2, -0.15) is 0 Å². The molecule has 0 bridgehead atoms. The molecule has 8 nitrogen and oxygen atoms in total. The standard InChI is InChI=1S/C26H35N5O3S/c1-7-30(8-2)13-14-34-24-16-21(11-12-23(24)33-6)27-25(32)17-35-26-29-28-20(5)31(26)22-15-18(3)9-10-19(22)4/h9-12,15-16H,7-8,13-14,17H2,1-6H3,(H,27,32). The van der Waals surface area contributed by atoms with Crippen LogP contribution in [-0.2, 0) is 4.79 Å². The Balaban J connectivity index is 1.65. The van der Waals surface area contributed by atoms with Crippen LogP contribution in [0.2, 0.25) is 0 Å². The molecule has 0 spiro atoms. The fourth-order valence-corrected chi connectivity index (χ4v) is 4.48. The Bertz CT molecular complexity index is 1140. The number of carbonyl (C=O) groups is 1. The highest BCUT2D eigenvalue weighted by Crippen LogP contribution is 2.31. The van der Waals surface area contributed by atoms with Gasteiger partial charge in [-0.1, -0.05) is 37.7 Å². The van der Waals surface area contributed by atoms with Gasteiger partial charge in [0.15, 0.2) is 16.7 Å². The van der Waals surface area contributed by atoms with Crippen molar-refractivity contribution < 1.29 is 14.3 Å². The van der Waals surface area contributed by atoms with Crippen molar-refractivity contribution in [3.8, 4) is 17.2 Å². The molecular weight excluding hydrogens is 462 g/mol. The van der Waals surface area contributed by atoms with Gasteiger partial charge in [-0.3, -0.25) is 9.36 Å². The number of anilines is 1. The summed E-state index contributed by atoms with van der Waals surface area (Å²) in [6.45, 7) is 13.6. The minimum Gasteiger partial charge on any atom is -0.493 e. The van der Waals surface area contributed by atoms with Crippen LogP contribution in [0.3, 0.4) is 0 Å². The molecule has 35 heavy (non-hydrogen) atoms. The first kappa shape index (κ1) is 26.6. The molecule has 1 heterocycles. The van der Waals surface area contributed by atoms with E-state index in [1.807, 2.05) is 11.5 Å². The van der Waals surface area contributed by atoms with E-state index in [2.05, 4.69) is 66.3 Å². The van der Waals surface area contributed by atoms with E-state index in [4.69, 9.17) is 9.47 Å². The van der Waals surface area contributed by atoms with E-state index < -0.39 is 0 Å². The highest BCUT2D eigenvalue weighted by molar-refractivity contribution is 7.99. The molecule has 1 N–H and O–H groups in total. The smallest absolute Gasteiger partial charge is 0.234 e. The number of thioether (sulfide) groups is 1. The molecule has 9 heteroatoms. The third-order valence-electron chi connectivity index (χ3n) is 5.74. The molecule has 1 amide bonds. The lowest BCUT2D eigenvalue weighted by molar-refractivity contribution is -0.113. The predicted molar refractivity (Wildman–Crippen MR) is 141 cm³/mol. The maximum atomic E-state index is 12.7. The van der Waals surface area contributed by atoms with Crippen LogP contribution in [0.5, 0.6) is 11.5 Å². The van der Waals surface area contributed by atoms with Gasteiger partial charge < -0.3 is 19.7 Å². The van der Waals surface area contributed by atoms with Crippen molar-refractivity contribution in [3.05, 3.63) is 53.3 Å². The number of nitrogens with zero attached hydrogens (tertiary/aromatic N) is 4. The molecule has 0 aliphatic heterocycles. The summed E-state index contributed by atoms with van der Waals surface area (Å²) in [7, 11) is 1.61. The minimum atomic E-state index is -0.137. The lowest BCUT2D eigenvalue weighted by Gasteiger charge is -2.19. The predicted octanol–water partition coefficient (Wildman–Crippen LogP) is 4.65. The molecule has 0 atom stereocenters. The summed E-state index contributed by atoms with van der Waals surface area (Å²) < 4.78 is 13.4. The molecule has 0 aliphatic carbocycles. The van der Waals surface area contributed by atoms with Crippen molar-refractivity contribution in [2.24, 2.45) is 0 Å². The number of benzene rings is 2. The second kappa shape index (κ2) is 12.6. The summed E-state index contributed by atoms with van der Waals surface area (Å²) in [5, 5.41) is 12.2. The summed E-state index contributed by atoms with van der Waals surface area (Å²) in [4.78, 5) is 15.0. The van der Waals surface area contributed by atoms with Gasteiger partial charge in [-0.25, -0.2) is 0 Å². The van der Waals surface area contributed by atoms with Crippen LogP contribution < -0.4 is 14.8 Å². The van der Waals surface area contributed by atoms with E-state index in [0.29, 0.717) is 28.9 Å². The average molecular weight is 498 g/mol. The van der Waals surface area contributed by atoms with Gasteiger partial charge in [0.25, 0.3) is 0 Å². The molecule has 0 fully saturated rings. The topological polar surface area (TPSA) is 81.5 Å². The quantitative estimate of drug-likeness (QED) is 0.365. The molecule has 0 saturated heterocycles. The number of hydrogen-bond donors (Lipinski definition) is 1. The van der Waals surface area contributed by atoms with Crippen LogP contribution in [0.1, 0.15) is 30.8 Å². The molecule has 0 unspecified atom stereocenters.